The largest absolute Gasteiger partial charge is 0.381 e. The molecule has 0 amide bonds. The third-order valence-corrected chi connectivity index (χ3v) is 4.29. The van der Waals surface area contributed by atoms with Crippen LogP contribution < -0.4 is 5.32 Å². The van der Waals surface area contributed by atoms with Gasteiger partial charge in [0.15, 0.2) is 0 Å². The normalized spacial score (nSPS) is 24.7. The van der Waals surface area contributed by atoms with E-state index in [0.717, 1.165) is 25.3 Å². The highest BCUT2D eigenvalue weighted by molar-refractivity contribution is 5.32. The average Bonchev–Trinajstić information content (AvgIpc) is 3.10. The third-order valence-electron chi connectivity index (χ3n) is 4.29. The number of nitrogens with one attached hydrogen (secondary N) is 1. The van der Waals surface area contributed by atoms with E-state index in [0.29, 0.717) is 11.5 Å². The van der Waals surface area contributed by atoms with E-state index < -0.39 is 0 Å². The lowest BCUT2D eigenvalue weighted by molar-refractivity contribution is 0.0543. The van der Waals surface area contributed by atoms with Gasteiger partial charge in [-0.3, -0.25) is 0 Å². The van der Waals surface area contributed by atoms with Crippen LogP contribution >= 0.6 is 0 Å². The smallest absolute Gasteiger partial charge is 0.0991 e. The van der Waals surface area contributed by atoms with Crippen LogP contribution in [0, 0.1) is 16.7 Å². The summed E-state index contributed by atoms with van der Waals surface area (Å²) in [7, 11) is 0. The van der Waals surface area contributed by atoms with Crippen LogP contribution in [0.5, 0.6) is 0 Å². The summed E-state index contributed by atoms with van der Waals surface area (Å²) in [5.74, 6) is 0. The fourth-order valence-corrected chi connectivity index (χ4v) is 2.96. The third kappa shape index (κ3) is 2.27. The standard InChI is InChI=1S/C15H18N2O/c16-10-12-2-1-3-13(8-12)11-17-14-9-15(14)4-6-18-7-5-15/h1-3,8,14,17H,4-7,9,11H2. The fourth-order valence-electron chi connectivity index (χ4n) is 2.96. The van der Waals surface area contributed by atoms with Crippen molar-refractivity contribution in [2.24, 2.45) is 5.41 Å². The lowest BCUT2D eigenvalue weighted by Crippen LogP contribution is -2.27. The summed E-state index contributed by atoms with van der Waals surface area (Å²) in [6, 6.07) is 10.7. The Bertz CT molecular complexity index is 472. The van der Waals surface area contributed by atoms with Crippen LogP contribution in [0.15, 0.2) is 24.3 Å². The van der Waals surface area contributed by atoms with Gasteiger partial charge in [0, 0.05) is 25.8 Å². The summed E-state index contributed by atoms with van der Waals surface area (Å²) in [5.41, 5.74) is 2.46. The Labute approximate surface area is 108 Å². The summed E-state index contributed by atoms with van der Waals surface area (Å²) >= 11 is 0. The minimum atomic E-state index is 0.519. The second-order valence-corrected chi connectivity index (χ2v) is 5.42. The highest BCUT2D eigenvalue weighted by Gasteiger charge is 2.53. The zero-order valence-corrected chi connectivity index (χ0v) is 10.5. The van der Waals surface area contributed by atoms with Crippen LogP contribution in [0.2, 0.25) is 0 Å². The molecule has 18 heavy (non-hydrogen) atoms. The molecule has 3 rings (SSSR count). The van der Waals surface area contributed by atoms with Gasteiger partial charge in [0.25, 0.3) is 0 Å². The van der Waals surface area contributed by atoms with Crippen molar-refractivity contribution in [2.75, 3.05) is 13.2 Å². The molecule has 1 aromatic rings. The summed E-state index contributed by atoms with van der Waals surface area (Å²) in [4.78, 5) is 0. The maximum absolute atomic E-state index is 8.87. The molecule has 1 spiro atoms. The first-order valence-electron chi connectivity index (χ1n) is 6.63. The molecule has 3 heteroatoms. The van der Waals surface area contributed by atoms with Gasteiger partial charge < -0.3 is 10.1 Å². The van der Waals surface area contributed by atoms with E-state index in [1.165, 1.54) is 24.8 Å². The van der Waals surface area contributed by atoms with E-state index in [9.17, 15) is 0 Å². The Morgan fingerprint density at radius 1 is 1.39 bits per heavy atom. The number of benzene rings is 1. The molecule has 2 aliphatic rings. The first-order valence-corrected chi connectivity index (χ1v) is 6.63. The Morgan fingerprint density at radius 3 is 3.00 bits per heavy atom. The molecule has 1 atom stereocenters. The van der Waals surface area contributed by atoms with Gasteiger partial charge in [0.1, 0.15) is 0 Å². The molecule has 1 unspecified atom stereocenters. The van der Waals surface area contributed by atoms with Crippen molar-refractivity contribution in [1.29, 1.82) is 5.26 Å². The molecule has 0 radical (unpaired) electrons. The van der Waals surface area contributed by atoms with Gasteiger partial charge in [-0.05, 0) is 42.4 Å². The maximum Gasteiger partial charge on any atom is 0.0991 e. The highest BCUT2D eigenvalue weighted by atomic mass is 16.5. The Kier molecular flexibility index (Phi) is 3.07. The molecule has 1 aliphatic heterocycles. The molecule has 1 aliphatic carbocycles. The van der Waals surface area contributed by atoms with Gasteiger partial charge >= 0.3 is 0 Å². The van der Waals surface area contributed by atoms with Gasteiger partial charge in [-0.2, -0.15) is 5.26 Å². The van der Waals surface area contributed by atoms with Crippen molar-refractivity contribution in [3.8, 4) is 6.07 Å². The van der Waals surface area contributed by atoms with Crippen molar-refractivity contribution >= 4 is 0 Å². The van der Waals surface area contributed by atoms with Gasteiger partial charge in [-0.25, -0.2) is 0 Å². The zero-order valence-electron chi connectivity index (χ0n) is 10.5. The highest BCUT2D eigenvalue weighted by Crippen LogP contribution is 2.53. The summed E-state index contributed by atoms with van der Waals surface area (Å²) in [6.07, 6.45) is 3.68. The zero-order chi connectivity index (χ0) is 12.4. The van der Waals surface area contributed by atoms with Gasteiger partial charge in [-0.15, -0.1) is 0 Å². The van der Waals surface area contributed by atoms with Gasteiger partial charge in [0.2, 0.25) is 0 Å². The van der Waals surface area contributed by atoms with Crippen LogP contribution in [0.4, 0.5) is 0 Å². The minimum Gasteiger partial charge on any atom is -0.381 e. The van der Waals surface area contributed by atoms with Crippen molar-refractivity contribution in [1.82, 2.24) is 5.32 Å². The van der Waals surface area contributed by atoms with E-state index in [4.69, 9.17) is 10.00 Å². The van der Waals surface area contributed by atoms with E-state index in [1.807, 2.05) is 18.2 Å². The van der Waals surface area contributed by atoms with Crippen molar-refractivity contribution in [2.45, 2.75) is 31.8 Å². The Balaban J connectivity index is 1.55. The molecule has 1 heterocycles. The van der Waals surface area contributed by atoms with Crippen LogP contribution in [-0.2, 0) is 11.3 Å². The molecular formula is C15H18N2O. The van der Waals surface area contributed by atoms with E-state index in [1.54, 1.807) is 0 Å². The second kappa shape index (κ2) is 4.72. The number of nitrogens with zero attached hydrogens (tertiary/aromatic N) is 1. The number of hydrogen-bond acceptors (Lipinski definition) is 3. The van der Waals surface area contributed by atoms with Crippen LogP contribution in [0.3, 0.4) is 0 Å². The number of nitriles is 1. The minimum absolute atomic E-state index is 0.519. The molecule has 3 nitrogen and oxygen atoms in total. The summed E-state index contributed by atoms with van der Waals surface area (Å²) < 4.78 is 5.42. The maximum atomic E-state index is 8.87. The van der Waals surface area contributed by atoms with E-state index in [-0.39, 0.29) is 0 Å². The number of rotatable bonds is 3. The Morgan fingerprint density at radius 2 is 2.22 bits per heavy atom. The first kappa shape index (κ1) is 11.7. The molecule has 2 fully saturated rings. The predicted octanol–water partition coefficient (Wildman–Crippen LogP) is 2.22. The second-order valence-electron chi connectivity index (χ2n) is 5.42. The van der Waals surface area contributed by atoms with Crippen LogP contribution in [-0.4, -0.2) is 19.3 Å². The lowest BCUT2D eigenvalue weighted by atomic mass is 9.96. The van der Waals surface area contributed by atoms with E-state index >= 15 is 0 Å². The van der Waals surface area contributed by atoms with E-state index in [2.05, 4.69) is 17.5 Å². The summed E-state index contributed by atoms with van der Waals surface area (Å²) in [5, 5.41) is 12.5. The molecule has 94 valence electrons. The molecule has 1 N–H and O–H groups in total. The van der Waals surface area contributed by atoms with Crippen molar-refractivity contribution in [3.05, 3.63) is 35.4 Å². The van der Waals surface area contributed by atoms with Crippen LogP contribution in [0.25, 0.3) is 0 Å². The molecule has 1 aromatic carbocycles. The molecule has 1 saturated carbocycles. The molecule has 0 bridgehead atoms. The van der Waals surface area contributed by atoms with Crippen molar-refractivity contribution in [3.63, 3.8) is 0 Å². The summed E-state index contributed by atoms with van der Waals surface area (Å²) in [6.45, 7) is 2.70. The van der Waals surface area contributed by atoms with Crippen molar-refractivity contribution < 1.29 is 4.74 Å². The molecular weight excluding hydrogens is 224 g/mol. The number of ether oxygens (including phenoxy) is 1. The van der Waals surface area contributed by atoms with Gasteiger partial charge in [-0.1, -0.05) is 12.1 Å². The van der Waals surface area contributed by atoms with Crippen LogP contribution in [0.1, 0.15) is 30.4 Å². The average molecular weight is 242 g/mol. The fraction of sp³-hybridized carbons (Fsp3) is 0.533. The molecule has 1 saturated heterocycles. The number of hydrogen-bond donors (Lipinski definition) is 1. The van der Waals surface area contributed by atoms with Gasteiger partial charge in [0.05, 0.1) is 11.6 Å². The Hall–Kier alpha value is -1.37. The monoisotopic (exact) mass is 242 g/mol. The lowest BCUT2D eigenvalue weighted by Gasteiger charge is -2.23. The molecule has 0 aromatic heterocycles. The first-order chi connectivity index (χ1) is 8.82. The quantitative estimate of drug-likeness (QED) is 0.884. The topological polar surface area (TPSA) is 45.0 Å². The predicted molar refractivity (Wildman–Crippen MR) is 68.9 cm³/mol. The SMILES string of the molecule is N#Cc1cccc(CNC2CC23CCOCC3)c1.